The summed E-state index contributed by atoms with van der Waals surface area (Å²) in [4.78, 5) is 4.51. The van der Waals surface area contributed by atoms with Crippen LogP contribution in [0.4, 0.5) is 0 Å². The van der Waals surface area contributed by atoms with Gasteiger partial charge >= 0.3 is 0 Å². The maximum Gasteiger partial charge on any atom is 0.261 e. The molecule has 21 heavy (non-hydrogen) atoms. The molecule has 112 valence electrons. The number of ether oxygens (including phenoxy) is 2. The lowest BCUT2D eigenvalue weighted by atomic mass is 10.0. The van der Waals surface area contributed by atoms with E-state index >= 15 is 0 Å². The fourth-order valence-corrected chi connectivity index (χ4v) is 2.54. The van der Waals surface area contributed by atoms with Gasteiger partial charge in [0.2, 0.25) is 0 Å². The summed E-state index contributed by atoms with van der Waals surface area (Å²) in [6.45, 7) is 0.997. The van der Waals surface area contributed by atoms with E-state index in [2.05, 4.69) is 15.5 Å². The van der Waals surface area contributed by atoms with E-state index in [0.29, 0.717) is 17.5 Å². The number of benzene rings is 1. The second kappa shape index (κ2) is 6.13. The molecule has 1 saturated heterocycles. The second-order valence-electron chi connectivity index (χ2n) is 5.03. The molecule has 1 aliphatic rings. The van der Waals surface area contributed by atoms with E-state index in [1.807, 2.05) is 18.2 Å². The first-order valence-corrected chi connectivity index (χ1v) is 7.11. The van der Waals surface area contributed by atoms with Crippen LogP contribution in [-0.4, -0.2) is 30.9 Å². The van der Waals surface area contributed by atoms with Gasteiger partial charge in [-0.2, -0.15) is 4.98 Å². The van der Waals surface area contributed by atoms with Crippen molar-refractivity contribution < 1.29 is 14.0 Å². The molecule has 1 aromatic carbocycles. The lowest BCUT2D eigenvalue weighted by Crippen LogP contribution is -2.27. The summed E-state index contributed by atoms with van der Waals surface area (Å²) in [5.74, 6) is 2.56. The first-order chi connectivity index (χ1) is 10.3. The molecule has 2 aromatic rings. The normalized spacial score (nSPS) is 18.5. The number of nitrogens with one attached hydrogen (secondary N) is 1. The molecular formula is C15H19N3O3. The molecule has 1 N–H and O–H groups in total. The summed E-state index contributed by atoms with van der Waals surface area (Å²) in [5.41, 5.74) is 0.742. The Kier molecular flexibility index (Phi) is 4.06. The summed E-state index contributed by atoms with van der Waals surface area (Å²) in [7, 11) is 3.24. The molecule has 0 bridgehead atoms. The van der Waals surface area contributed by atoms with E-state index in [-0.39, 0.29) is 6.04 Å². The molecular weight excluding hydrogens is 270 g/mol. The zero-order valence-electron chi connectivity index (χ0n) is 12.3. The summed E-state index contributed by atoms with van der Waals surface area (Å²) >= 11 is 0. The summed E-state index contributed by atoms with van der Waals surface area (Å²) in [6, 6.07) is 5.68. The third-order valence-electron chi connectivity index (χ3n) is 3.70. The minimum atomic E-state index is 0.174. The molecule has 6 heteroatoms. The molecule has 0 saturated carbocycles. The minimum absolute atomic E-state index is 0.174. The van der Waals surface area contributed by atoms with E-state index < -0.39 is 0 Å². The van der Waals surface area contributed by atoms with Gasteiger partial charge in [0.15, 0.2) is 5.82 Å². The third-order valence-corrected chi connectivity index (χ3v) is 3.70. The maximum absolute atomic E-state index is 5.41. The van der Waals surface area contributed by atoms with Crippen molar-refractivity contribution in [2.24, 2.45) is 0 Å². The van der Waals surface area contributed by atoms with Gasteiger partial charge in [-0.05, 0) is 37.6 Å². The van der Waals surface area contributed by atoms with Crippen molar-refractivity contribution in [3.63, 3.8) is 0 Å². The Morgan fingerprint density at radius 1 is 1.24 bits per heavy atom. The second-order valence-corrected chi connectivity index (χ2v) is 5.03. The highest BCUT2D eigenvalue weighted by molar-refractivity contribution is 5.65. The Hall–Kier alpha value is -2.08. The molecule has 0 amide bonds. The van der Waals surface area contributed by atoms with E-state index in [1.54, 1.807) is 14.2 Å². The van der Waals surface area contributed by atoms with Gasteiger partial charge in [0.25, 0.3) is 5.89 Å². The smallest absolute Gasteiger partial charge is 0.261 e. The fourth-order valence-electron chi connectivity index (χ4n) is 2.54. The average Bonchev–Trinajstić information content (AvgIpc) is 3.05. The Morgan fingerprint density at radius 2 is 2.14 bits per heavy atom. The number of methoxy groups -OCH3 is 2. The van der Waals surface area contributed by atoms with E-state index in [1.165, 1.54) is 12.8 Å². The number of nitrogens with zero attached hydrogens (tertiary/aromatic N) is 2. The topological polar surface area (TPSA) is 69.4 Å². The molecule has 3 rings (SSSR count). The van der Waals surface area contributed by atoms with Crippen LogP contribution in [0.3, 0.4) is 0 Å². The van der Waals surface area contributed by atoms with E-state index in [9.17, 15) is 0 Å². The van der Waals surface area contributed by atoms with Crippen molar-refractivity contribution in [1.29, 1.82) is 0 Å². The minimum Gasteiger partial charge on any atom is -0.497 e. The highest BCUT2D eigenvalue weighted by Gasteiger charge is 2.22. The van der Waals surface area contributed by atoms with Gasteiger partial charge in [-0.15, -0.1) is 0 Å². The third kappa shape index (κ3) is 2.85. The standard InChI is InChI=1S/C15H19N3O3/c1-19-10-6-7-13(20-2)11(9-10)15-17-14(18-21-15)12-5-3-4-8-16-12/h6-7,9,12,16H,3-5,8H2,1-2H3. The van der Waals surface area contributed by atoms with Crippen LogP contribution in [0.15, 0.2) is 22.7 Å². The molecule has 6 nitrogen and oxygen atoms in total. The van der Waals surface area contributed by atoms with Gasteiger partial charge in [-0.25, -0.2) is 0 Å². The highest BCUT2D eigenvalue weighted by atomic mass is 16.5. The lowest BCUT2D eigenvalue weighted by molar-refractivity contribution is 0.365. The van der Waals surface area contributed by atoms with E-state index in [4.69, 9.17) is 14.0 Å². The molecule has 0 spiro atoms. The van der Waals surface area contributed by atoms with Crippen LogP contribution in [0.2, 0.25) is 0 Å². The molecule has 0 radical (unpaired) electrons. The predicted molar refractivity (Wildman–Crippen MR) is 77.4 cm³/mol. The van der Waals surface area contributed by atoms with Gasteiger partial charge < -0.3 is 19.3 Å². The number of rotatable bonds is 4. The van der Waals surface area contributed by atoms with Crippen LogP contribution in [0.5, 0.6) is 11.5 Å². The Bertz CT molecular complexity index is 606. The van der Waals surface area contributed by atoms with Crippen LogP contribution in [0.25, 0.3) is 11.5 Å². The number of aromatic nitrogens is 2. The van der Waals surface area contributed by atoms with E-state index in [0.717, 1.165) is 24.3 Å². The Morgan fingerprint density at radius 3 is 2.86 bits per heavy atom. The van der Waals surface area contributed by atoms with Crippen LogP contribution in [-0.2, 0) is 0 Å². The highest BCUT2D eigenvalue weighted by Crippen LogP contribution is 2.33. The largest absolute Gasteiger partial charge is 0.497 e. The average molecular weight is 289 g/mol. The summed E-state index contributed by atoms with van der Waals surface area (Å²) in [6.07, 6.45) is 3.42. The first-order valence-electron chi connectivity index (χ1n) is 7.11. The summed E-state index contributed by atoms with van der Waals surface area (Å²) < 4.78 is 16.0. The SMILES string of the molecule is COc1ccc(OC)c(-c2nc(C3CCCCN3)no2)c1. The van der Waals surface area contributed by atoms with Crippen LogP contribution in [0.1, 0.15) is 31.1 Å². The van der Waals surface area contributed by atoms with Gasteiger partial charge in [-0.3, -0.25) is 0 Å². The summed E-state index contributed by atoms with van der Waals surface area (Å²) in [5, 5.41) is 7.51. The van der Waals surface area contributed by atoms with Crippen molar-refractivity contribution in [2.75, 3.05) is 20.8 Å². The quantitative estimate of drug-likeness (QED) is 0.933. The number of hydrogen-bond acceptors (Lipinski definition) is 6. The first kappa shape index (κ1) is 13.9. The Labute approximate surface area is 123 Å². The van der Waals surface area contributed by atoms with Crippen molar-refractivity contribution in [3.05, 3.63) is 24.0 Å². The molecule has 1 aromatic heterocycles. The molecule has 1 unspecified atom stereocenters. The molecule has 1 aliphatic heterocycles. The molecule has 1 fully saturated rings. The number of piperidine rings is 1. The van der Waals surface area contributed by atoms with Crippen molar-refractivity contribution in [2.45, 2.75) is 25.3 Å². The lowest BCUT2D eigenvalue weighted by Gasteiger charge is -2.19. The fraction of sp³-hybridized carbons (Fsp3) is 0.467. The Balaban J connectivity index is 1.91. The predicted octanol–water partition coefficient (Wildman–Crippen LogP) is 2.57. The molecule has 2 heterocycles. The molecule has 1 atom stereocenters. The maximum atomic E-state index is 5.41. The van der Waals surface area contributed by atoms with Gasteiger partial charge in [-0.1, -0.05) is 11.6 Å². The zero-order chi connectivity index (χ0) is 14.7. The van der Waals surface area contributed by atoms with Crippen molar-refractivity contribution in [1.82, 2.24) is 15.5 Å². The van der Waals surface area contributed by atoms with Crippen molar-refractivity contribution in [3.8, 4) is 23.0 Å². The number of hydrogen-bond donors (Lipinski definition) is 1. The van der Waals surface area contributed by atoms with Crippen LogP contribution >= 0.6 is 0 Å². The monoisotopic (exact) mass is 289 g/mol. The van der Waals surface area contributed by atoms with Gasteiger partial charge in [0.1, 0.15) is 11.5 Å². The zero-order valence-corrected chi connectivity index (χ0v) is 12.3. The molecule has 0 aliphatic carbocycles. The van der Waals surface area contributed by atoms with Crippen molar-refractivity contribution >= 4 is 0 Å². The van der Waals surface area contributed by atoms with Crippen LogP contribution in [0, 0.1) is 0 Å². The van der Waals surface area contributed by atoms with Gasteiger partial charge in [0, 0.05) is 0 Å². The van der Waals surface area contributed by atoms with Crippen LogP contribution < -0.4 is 14.8 Å². The van der Waals surface area contributed by atoms with Gasteiger partial charge in [0.05, 0.1) is 25.8 Å².